The van der Waals surface area contributed by atoms with Crippen molar-refractivity contribution in [2.24, 2.45) is 0 Å². The van der Waals surface area contributed by atoms with Gasteiger partial charge >= 0.3 is 0 Å². The Bertz CT molecular complexity index is 402. The molecule has 1 atom stereocenters. The van der Waals surface area contributed by atoms with Crippen molar-refractivity contribution < 1.29 is 4.74 Å². The quantitative estimate of drug-likeness (QED) is 0.669. The summed E-state index contributed by atoms with van der Waals surface area (Å²) in [4.78, 5) is 0. The number of benzene rings is 1. The van der Waals surface area contributed by atoms with E-state index in [-0.39, 0.29) is 0 Å². The summed E-state index contributed by atoms with van der Waals surface area (Å²) >= 11 is 0. The highest BCUT2D eigenvalue weighted by atomic mass is 16.5. The number of nitrogens with one attached hydrogen (secondary N) is 1. The SMILES string of the molecule is CC(C)NCCCCCCOC1CCCc2ccccc21. The van der Waals surface area contributed by atoms with E-state index in [9.17, 15) is 0 Å². The Balaban J connectivity index is 1.58. The van der Waals surface area contributed by atoms with Crippen molar-refractivity contribution in [2.45, 2.75) is 70.9 Å². The molecule has 118 valence electrons. The standard InChI is InChI=1S/C19H31NO/c1-16(2)20-14-7-3-4-8-15-21-19-13-9-11-17-10-5-6-12-18(17)19/h5-6,10,12,16,19-20H,3-4,7-9,11,13-15H2,1-2H3. The molecule has 0 saturated heterocycles. The molecule has 0 spiro atoms. The average Bonchev–Trinajstić information content (AvgIpc) is 2.50. The molecule has 1 aromatic rings. The Morgan fingerprint density at radius 3 is 2.81 bits per heavy atom. The van der Waals surface area contributed by atoms with Crippen LogP contribution in [0.5, 0.6) is 0 Å². The van der Waals surface area contributed by atoms with E-state index >= 15 is 0 Å². The van der Waals surface area contributed by atoms with E-state index in [1.165, 1.54) is 56.1 Å². The molecule has 0 aliphatic heterocycles. The largest absolute Gasteiger partial charge is 0.374 e. The molecule has 2 nitrogen and oxygen atoms in total. The summed E-state index contributed by atoms with van der Waals surface area (Å²) in [6.07, 6.45) is 9.09. The van der Waals surface area contributed by atoms with Crippen LogP contribution in [0.3, 0.4) is 0 Å². The molecule has 0 fully saturated rings. The van der Waals surface area contributed by atoms with Gasteiger partial charge in [-0.3, -0.25) is 0 Å². The fourth-order valence-corrected chi connectivity index (χ4v) is 3.08. The number of unbranched alkanes of at least 4 members (excludes halogenated alkanes) is 3. The predicted octanol–water partition coefficient (Wildman–Crippen LogP) is 4.64. The summed E-state index contributed by atoms with van der Waals surface area (Å²) in [6, 6.07) is 9.40. The Morgan fingerprint density at radius 1 is 1.14 bits per heavy atom. The van der Waals surface area contributed by atoms with E-state index in [2.05, 4.69) is 43.4 Å². The summed E-state index contributed by atoms with van der Waals surface area (Å²) in [5.74, 6) is 0. The first-order chi connectivity index (χ1) is 10.3. The van der Waals surface area contributed by atoms with Crippen molar-refractivity contribution in [2.75, 3.05) is 13.2 Å². The zero-order chi connectivity index (χ0) is 14.9. The second-order valence-corrected chi connectivity index (χ2v) is 6.47. The third-order valence-corrected chi connectivity index (χ3v) is 4.26. The molecule has 0 heterocycles. The van der Waals surface area contributed by atoms with Gasteiger partial charge in [0.15, 0.2) is 0 Å². The van der Waals surface area contributed by atoms with Crippen molar-refractivity contribution in [1.29, 1.82) is 0 Å². The van der Waals surface area contributed by atoms with Crippen LogP contribution in [0.25, 0.3) is 0 Å². The second-order valence-electron chi connectivity index (χ2n) is 6.47. The minimum atomic E-state index is 0.345. The molecule has 2 rings (SSSR count). The lowest BCUT2D eigenvalue weighted by Crippen LogP contribution is -2.23. The van der Waals surface area contributed by atoms with E-state index in [0.717, 1.165) is 13.2 Å². The Kier molecular flexibility index (Phi) is 7.25. The maximum absolute atomic E-state index is 6.14. The van der Waals surface area contributed by atoms with Crippen molar-refractivity contribution in [3.63, 3.8) is 0 Å². The van der Waals surface area contributed by atoms with Gasteiger partial charge in [0.05, 0.1) is 6.10 Å². The van der Waals surface area contributed by atoms with Crippen molar-refractivity contribution in [3.05, 3.63) is 35.4 Å². The molecular weight excluding hydrogens is 258 g/mol. The Morgan fingerprint density at radius 2 is 1.95 bits per heavy atom. The third-order valence-electron chi connectivity index (χ3n) is 4.26. The van der Waals surface area contributed by atoms with Crippen LogP contribution in [0.4, 0.5) is 0 Å². The molecule has 2 heteroatoms. The maximum atomic E-state index is 6.14. The van der Waals surface area contributed by atoms with Crippen LogP contribution in [-0.2, 0) is 11.2 Å². The molecule has 1 aliphatic carbocycles. The minimum Gasteiger partial charge on any atom is -0.374 e. The van der Waals surface area contributed by atoms with Crippen LogP contribution >= 0.6 is 0 Å². The van der Waals surface area contributed by atoms with Gasteiger partial charge < -0.3 is 10.1 Å². The first kappa shape index (κ1) is 16.5. The van der Waals surface area contributed by atoms with Crippen LogP contribution in [0, 0.1) is 0 Å². The third kappa shape index (κ3) is 5.80. The maximum Gasteiger partial charge on any atom is 0.0827 e. The van der Waals surface area contributed by atoms with E-state index < -0.39 is 0 Å². The highest BCUT2D eigenvalue weighted by molar-refractivity contribution is 5.31. The fraction of sp³-hybridized carbons (Fsp3) is 0.684. The topological polar surface area (TPSA) is 21.3 Å². The van der Waals surface area contributed by atoms with E-state index in [4.69, 9.17) is 4.74 Å². The normalized spacial score (nSPS) is 18.0. The number of aryl methyl sites for hydroxylation is 1. The zero-order valence-electron chi connectivity index (χ0n) is 13.7. The molecule has 0 amide bonds. The number of hydrogen-bond donors (Lipinski definition) is 1. The molecule has 0 aromatic heterocycles. The molecular formula is C19H31NO. The van der Waals surface area contributed by atoms with Gasteiger partial charge in [0.2, 0.25) is 0 Å². The van der Waals surface area contributed by atoms with Crippen molar-refractivity contribution >= 4 is 0 Å². The molecule has 21 heavy (non-hydrogen) atoms. The number of rotatable bonds is 9. The van der Waals surface area contributed by atoms with Crippen LogP contribution in [-0.4, -0.2) is 19.2 Å². The fourth-order valence-electron chi connectivity index (χ4n) is 3.08. The summed E-state index contributed by atoms with van der Waals surface area (Å²) in [5.41, 5.74) is 2.93. The van der Waals surface area contributed by atoms with Crippen LogP contribution < -0.4 is 5.32 Å². The van der Waals surface area contributed by atoms with Gasteiger partial charge in [-0.1, -0.05) is 51.0 Å². The molecule has 1 unspecified atom stereocenters. The van der Waals surface area contributed by atoms with E-state index in [1.54, 1.807) is 0 Å². The van der Waals surface area contributed by atoms with Gasteiger partial charge in [-0.05, 0) is 49.8 Å². The number of ether oxygens (including phenoxy) is 1. The lowest BCUT2D eigenvalue weighted by Gasteiger charge is -2.25. The lowest BCUT2D eigenvalue weighted by molar-refractivity contribution is 0.0382. The van der Waals surface area contributed by atoms with Gasteiger partial charge in [0.1, 0.15) is 0 Å². The van der Waals surface area contributed by atoms with Gasteiger partial charge in [0, 0.05) is 12.6 Å². The van der Waals surface area contributed by atoms with Crippen molar-refractivity contribution in [3.8, 4) is 0 Å². The molecule has 0 bridgehead atoms. The Hall–Kier alpha value is -0.860. The molecule has 0 saturated carbocycles. The molecule has 1 aromatic carbocycles. The summed E-state index contributed by atoms with van der Waals surface area (Å²) in [6.45, 7) is 6.47. The molecule has 1 aliphatic rings. The first-order valence-electron chi connectivity index (χ1n) is 8.70. The van der Waals surface area contributed by atoms with Gasteiger partial charge in [-0.15, -0.1) is 0 Å². The first-order valence-corrected chi connectivity index (χ1v) is 8.70. The lowest BCUT2D eigenvalue weighted by atomic mass is 9.89. The van der Waals surface area contributed by atoms with Gasteiger partial charge in [-0.2, -0.15) is 0 Å². The summed E-state index contributed by atoms with van der Waals surface area (Å²) in [5, 5.41) is 3.47. The summed E-state index contributed by atoms with van der Waals surface area (Å²) < 4.78 is 6.14. The second kappa shape index (κ2) is 9.22. The molecule has 1 N–H and O–H groups in total. The van der Waals surface area contributed by atoms with Crippen LogP contribution in [0.2, 0.25) is 0 Å². The van der Waals surface area contributed by atoms with E-state index in [0.29, 0.717) is 12.1 Å². The predicted molar refractivity (Wildman–Crippen MR) is 89.7 cm³/mol. The number of hydrogen-bond acceptors (Lipinski definition) is 2. The average molecular weight is 289 g/mol. The van der Waals surface area contributed by atoms with Gasteiger partial charge in [-0.25, -0.2) is 0 Å². The minimum absolute atomic E-state index is 0.345. The Labute approximate surface area is 130 Å². The molecule has 0 radical (unpaired) electrons. The highest BCUT2D eigenvalue weighted by Gasteiger charge is 2.19. The smallest absolute Gasteiger partial charge is 0.0827 e. The number of fused-ring (bicyclic) bond motifs is 1. The van der Waals surface area contributed by atoms with Crippen LogP contribution in [0.1, 0.15) is 69.6 Å². The highest BCUT2D eigenvalue weighted by Crippen LogP contribution is 2.32. The van der Waals surface area contributed by atoms with Gasteiger partial charge in [0.25, 0.3) is 0 Å². The van der Waals surface area contributed by atoms with E-state index in [1.807, 2.05) is 0 Å². The zero-order valence-corrected chi connectivity index (χ0v) is 13.7. The van der Waals surface area contributed by atoms with Crippen molar-refractivity contribution in [1.82, 2.24) is 5.32 Å². The monoisotopic (exact) mass is 289 g/mol. The van der Waals surface area contributed by atoms with Crippen LogP contribution in [0.15, 0.2) is 24.3 Å². The summed E-state index contributed by atoms with van der Waals surface area (Å²) in [7, 11) is 0.